The largest absolute Gasteiger partial charge is 0.393 e. The van der Waals surface area contributed by atoms with Gasteiger partial charge in [-0.2, -0.15) is 0 Å². The molecule has 1 N–H and O–H groups in total. The Morgan fingerprint density at radius 3 is 2.32 bits per heavy atom. The van der Waals surface area contributed by atoms with Crippen molar-refractivity contribution in [3.8, 4) is 0 Å². The van der Waals surface area contributed by atoms with Gasteiger partial charge < -0.3 is 14.6 Å². The fourth-order valence-corrected chi connectivity index (χ4v) is 10.1. The molecule has 7 atom stereocenters. The summed E-state index contributed by atoms with van der Waals surface area (Å²) >= 11 is 0. The smallest absolute Gasteiger partial charge is 0.169 e. The highest BCUT2D eigenvalue weighted by molar-refractivity contribution is 5.37. The Bertz CT molecular complexity index is 792. The van der Waals surface area contributed by atoms with E-state index in [1.54, 1.807) is 5.57 Å². The van der Waals surface area contributed by atoms with Crippen molar-refractivity contribution in [1.82, 2.24) is 0 Å². The van der Waals surface area contributed by atoms with Crippen molar-refractivity contribution < 1.29 is 14.6 Å². The molecule has 1 unspecified atom stereocenters. The highest BCUT2D eigenvalue weighted by Gasteiger charge is 2.65. The second kappa shape index (κ2) is 8.88. The fraction of sp³-hybridized carbons (Fsp3) is 0.935. The zero-order chi connectivity index (χ0) is 24.4. The standard InChI is InChI=1S/C31H52O3/c1-21(2)8-7-9-22(3)25-10-11-26-24-12-15-30(23(4)32)20-31(33-18-19-34-31)17-16-29(30,6)27(24)13-14-28(25,26)5/h21-23,25-26,32H,7-20H2,1-6H3/t22-,23?,25-,26+,28-,29-,30-/m1/s1. The van der Waals surface area contributed by atoms with E-state index in [1.807, 2.05) is 5.57 Å². The van der Waals surface area contributed by atoms with Crippen LogP contribution in [0.1, 0.15) is 119 Å². The molecule has 5 rings (SSSR count). The van der Waals surface area contributed by atoms with Gasteiger partial charge in [0.1, 0.15) is 0 Å². The summed E-state index contributed by atoms with van der Waals surface area (Å²) in [7, 11) is 0. The molecule has 3 fully saturated rings. The predicted molar refractivity (Wildman–Crippen MR) is 138 cm³/mol. The molecule has 5 aliphatic rings. The van der Waals surface area contributed by atoms with E-state index in [4.69, 9.17) is 9.47 Å². The van der Waals surface area contributed by atoms with Crippen LogP contribution in [0.5, 0.6) is 0 Å². The van der Waals surface area contributed by atoms with Crippen LogP contribution in [-0.4, -0.2) is 30.2 Å². The number of aliphatic hydroxyl groups is 1. The summed E-state index contributed by atoms with van der Waals surface area (Å²) in [5.74, 6) is 2.88. The van der Waals surface area contributed by atoms with Crippen LogP contribution in [-0.2, 0) is 9.47 Å². The maximum absolute atomic E-state index is 11.3. The van der Waals surface area contributed by atoms with Gasteiger partial charge in [-0.3, -0.25) is 0 Å². The Morgan fingerprint density at radius 1 is 0.912 bits per heavy atom. The second-order valence-electron chi connectivity index (χ2n) is 14.0. The van der Waals surface area contributed by atoms with E-state index in [9.17, 15) is 5.11 Å². The van der Waals surface area contributed by atoms with Crippen LogP contribution >= 0.6 is 0 Å². The molecule has 4 aliphatic carbocycles. The lowest BCUT2D eigenvalue weighted by Gasteiger charge is -2.63. The SMILES string of the molecule is CC(C)CCC[C@@H](C)[C@H]1CC[C@H]2C3=C(CC[C@]12C)[C@@]1(C)CCC2(C[C@@]1(C(C)O)CC3)OCCO2. The van der Waals surface area contributed by atoms with E-state index >= 15 is 0 Å². The molecule has 3 nitrogen and oxygen atoms in total. The fourth-order valence-electron chi connectivity index (χ4n) is 10.1. The van der Waals surface area contributed by atoms with Gasteiger partial charge in [0, 0.05) is 18.3 Å². The zero-order valence-corrected chi connectivity index (χ0v) is 23.0. The average Bonchev–Trinajstić information content (AvgIpc) is 3.38. The summed E-state index contributed by atoms with van der Waals surface area (Å²) in [6.07, 6.45) is 14.5. The lowest BCUT2D eigenvalue weighted by molar-refractivity contribution is -0.246. The first-order chi connectivity index (χ1) is 16.1. The molecule has 1 heterocycles. The number of allylic oxidation sites excluding steroid dienone is 2. The molecular formula is C31H52O3. The van der Waals surface area contributed by atoms with Crippen molar-refractivity contribution in [3.63, 3.8) is 0 Å². The van der Waals surface area contributed by atoms with Gasteiger partial charge in [0.2, 0.25) is 0 Å². The number of ether oxygens (including phenoxy) is 2. The quantitative estimate of drug-likeness (QED) is 0.403. The molecular weight excluding hydrogens is 420 g/mol. The first-order valence-corrected chi connectivity index (χ1v) is 14.8. The number of aliphatic hydroxyl groups excluding tert-OH is 1. The Balaban J connectivity index is 1.42. The molecule has 0 radical (unpaired) electrons. The van der Waals surface area contributed by atoms with Crippen LogP contribution in [0.2, 0.25) is 0 Å². The first kappa shape index (κ1) is 25.3. The van der Waals surface area contributed by atoms with E-state index in [-0.39, 0.29) is 16.9 Å². The predicted octanol–water partition coefficient (Wildman–Crippen LogP) is 7.67. The lowest BCUT2D eigenvalue weighted by atomic mass is 9.43. The topological polar surface area (TPSA) is 38.7 Å². The average molecular weight is 473 g/mol. The lowest BCUT2D eigenvalue weighted by Crippen LogP contribution is -2.60. The van der Waals surface area contributed by atoms with Gasteiger partial charge in [0.25, 0.3) is 0 Å². The summed E-state index contributed by atoms with van der Waals surface area (Å²) in [6, 6.07) is 0. The third kappa shape index (κ3) is 3.69. The third-order valence-corrected chi connectivity index (χ3v) is 12.1. The van der Waals surface area contributed by atoms with E-state index < -0.39 is 5.79 Å². The minimum Gasteiger partial charge on any atom is -0.393 e. The van der Waals surface area contributed by atoms with Gasteiger partial charge in [-0.1, -0.05) is 65.0 Å². The zero-order valence-electron chi connectivity index (χ0n) is 23.0. The Morgan fingerprint density at radius 2 is 1.65 bits per heavy atom. The highest BCUT2D eigenvalue weighted by atomic mass is 16.7. The first-order valence-electron chi connectivity index (χ1n) is 14.8. The van der Waals surface area contributed by atoms with Gasteiger partial charge in [0.15, 0.2) is 5.79 Å². The maximum Gasteiger partial charge on any atom is 0.169 e. The van der Waals surface area contributed by atoms with Crippen molar-refractivity contribution in [1.29, 1.82) is 0 Å². The number of fused-ring (bicyclic) bond motifs is 4. The Labute approximate surface area is 209 Å². The van der Waals surface area contributed by atoms with Gasteiger partial charge in [-0.05, 0) is 86.4 Å². The van der Waals surface area contributed by atoms with Gasteiger partial charge in [-0.25, -0.2) is 0 Å². The van der Waals surface area contributed by atoms with Crippen molar-refractivity contribution in [3.05, 3.63) is 11.1 Å². The van der Waals surface area contributed by atoms with Crippen molar-refractivity contribution >= 4 is 0 Å². The summed E-state index contributed by atoms with van der Waals surface area (Å²) in [4.78, 5) is 0. The highest BCUT2D eigenvalue weighted by Crippen LogP contribution is 2.71. The number of rotatable bonds is 6. The maximum atomic E-state index is 11.3. The van der Waals surface area contributed by atoms with E-state index in [0.29, 0.717) is 18.6 Å². The van der Waals surface area contributed by atoms with Gasteiger partial charge >= 0.3 is 0 Å². The number of hydrogen-bond acceptors (Lipinski definition) is 3. The van der Waals surface area contributed by atoms with Crippen LogP contribution in [0.25, 0.3) is 0 Å². The van der Waals surface area contributed by atoms with Crippen LogP contribution in [0.3, 0.4) is 0 Å². The van der Waals surface area contributed by atoms with Gasteiger partial charge in [-0.15, -0.1) is 0 Å². The van der Waals surface area contributed by atoms with Gasteiger partial charge in [0.05, 0.1) is 19.3 Å². The summed E-state index contributed by atoms with van der Waals surface area (Å²) in [5, 5.41) is 11.3. The Hall–Kier alpha value is -0.380. The Kier molecular flexibility index (Phi) is 6.60. The molecule has 1 spiro atoms. The van der Waals surface area contributed by atoms with Crippen LogP contribution in [0.4, 0.5) is 0 Å². The molecule has 3 heteroatoms. The van der Waals surface area contributed by atoms with Crippen LogP contribution in [0.15, 0.2) is 11.1 Å². The second-order valence-corrected chi connectivity index (χ2v) is 14.0. The van der Waals surface area contributed by atoms with Crippen LogP contribution < -0.4 is 0 Å². The minimum absolute atomic E-state index is 0.0810. The monoisotopic (exact) mass is 472 g/mol. The van der Waals surface area contributed by atoms with E-state index in [0.717, 1.165) is 49.4 Å². The summed E-state index contributed by atoms with van der Waals surface area (Å²) < 4.78 is 12.4. The molecule has 0 aromatic heterocycles. The van der Waals surface area contributed by atoms with Crippen molar-refractivity contribution in [2.24, 2.45) is 39.9 Å². The number of hydrogen-bond donors (Lipinski definition) is 1. The van der Waals surface area contributed by atoms with Crippen molar-refractivity contribution in [2.75, 3.05) is 13.2 Å². The molecule has 1 aliphatic heterocycles. The van der Waals surface area contributed by atoms with E-state index in [2.05, 4.69) is 41.5 Å². The molecule has 194 valence electrons. The molecule has 1 saturated heterocycles. The summed E-state index contributed by atoms with van der Waals surface area (Å²) in [5.41, 5.74) is 4.02. The minimum atomic E-state index is -0.443. The van der Waals surface area contributed by atoms with Crippen LogP contribution in [0, 0.1) is 39.9 Å². The molecule has 0 bridgehead atoms. The molecule has 0 aromatic rings. The van der Waals surface area contributed by atoms with E-state index in [1.165, 1.54) is 51.4 Å². The van der Waals surface area contributed by atoms with Crippen molar-refractivity contribution in [2.45, 2.75) is 130 Å². The molecule has 34 heavy (non-hydrogen) atoms. The third-order valence-electron chi connectivity index (χ3n) is 12.1. The summed E-state index contributed by atoms with van der Waals surface area (Å²) in [6.45, 7) is 15.9. The molecule has 0 amide bonds. The normalized spacial score (nSPS) is 43.1. The molecule has 2 saturated carbocycles. The molecule has 0 aromatic carbocycles.